The van der Waals surface area contributed by atoms with Crippen LogP contribution in [0, 0.1) is 0 Å². The van der Waals surface area contributed by atoms with Gasteiger partial charge in [0, 0.05) is 17.6 Å². The Bertz CT molecular complexity index is 532. The highest BCUT2D eigenvalue weighted by Gasteiger charge is 2.32. The Balaban J connectivity index is 1.41. The molecule has 2 saturated heterocycles. The van der Waals surface area contributed by atoms with E-state index in [4.69, 9.17) is 0 Å². The molecule has 144 valence electrons. The second-order valence-corrected chi connectivity index (χ2v) is 16.1. The second-order valence-electron chi connectivity index (χ2n) is 9.03. The molecule has 1 aromatic carbocycles. The standard InChI is InChI=1S/C24H40Si2/c1-3-5-6-16-25-17-14-24(15-18-25)26-19-12-23(13-20-26)22-10-8-21(7-4-2)9-11-22/h3,5,8-11,23-26H,4,6-7,12-20H2,1-2H3/b5-3+/t23?,24-,25-,26?. The third kappa shape index (κ3) is 5.69. The van der Waals surface area contributed by atoms with Gasteiger partial charge in [-0.15, -0.1) is 0 Å². The Kier molecular flexibility index (Phi) is 8.25. The van der Waals surface area contributed by atoms with Gasteiger partial charge in [0.1, 0.15) is 0 Å². The van der Waals surface area contributed by atoms with E-state index in [0.717, 1.165) is 5.92 Å². The molecule has 0 N–H and O–H groups in total. The quantitative estimate of drug-likeness (QED) is 0.347. The van der Waals surface area contributed by atoms with Gasteiger partial charge in [-0.2, -0.15) is 0 Å². The maximum absolute atomic E-state index is 2.44. The minimum Gasteiger partial charge on any atom is -0.0917 e. The molecule has 0 amide bonds. The average molecular weight is 385 g/mol. The molecule has 0 unspecified atom stereocenters. The van der Waals surface area contributed by atoms with Crippen LogP contribution in [0.15, 0.2) is 36.4 Å². The molecule has 26 heavy (non-hydrogen) atoms. The highest BCUT2D eigenvalue weighted by Crippen LogP contribution is 2.42. The summed E-state index contributed by atoms with van der Waals surface area (Å²) in [6.45, 7) is 4.44. The van der Waals surface area contributed by atoms with E-state index in [1.807, 2.05) is 0 Å². The first-order valence-corrected chi connectivity index (χ1v) is 16.2. The lowest BCUT2D eigenvalue weighted by Crippen LogP contribution is -2.30. The average Bonchev–Trinajstić information content (AvgIpc) is 2.70. The summed E-state index contributed by atoms with van der Waals surface area (Å²) in [7, 11) is -0.795. The first-order valence-electron chi connectivity index (χ1n) is 11.5. The lowest BCUT2D eigenvalue weighted by molar-refractivity contribution is 0.585. The maximum Gasteiger partial charge on any atom is 0.0399 e. The largest absolute Gasteiger partial charge is 0.0917 e. The predicted molar refractivity (Wildman–Crippen MR) is 123 cm³/mol. The van der Waals surface area contributed by atoms with Crippen molar-refractivity contribution in [1.29, 1.82) is 0 Å². The molecule has 0 spiro atoms. The van der Waals surface area contributed by atoms with Gasteiger partial charge in [-0.05, 0) is 55.2 Å². The lowest BCUT2D eigenvalue weighted by Gasteiger charge is -2.37. The fraction of sp³-hybridized carbons (Fsp3) is 0.667. The van der Waals surface area contributed by atoms with Crippen LogP contribution in [0.5, 0.6) is 0 Å². The molecule has 0 aromatic heterocycles. The van der Waals surface area contributed by atoms with Gasteiger partial charge in [0.05, 0.1) is 0 Å². The van der Waals surface area contributed by atoms with Crippen molar-refractivity contribution in [3.63, 3.8) is 0 Å². The molecule has 2 aliphatic rings. The Labute approximate surface area is 165 Å². The predicted octanol–water partition coefficient (Wildman–Crippen LogP) is 7.10. The van der Waals surface area contributed by atoms with Crippen LogP contribution in [0.3, 0.4) is 0 Å². The zero-order valence-corrected chi connectivity index (χ0v) is 19.6. The van der Waals surface area contributed by atoms with Gasteiger partial charge in [-0.3, -0.25) is 0 Å². The Hall–Kier alpha value is -0.606. The monoisotopic (exact) mass is 384 g/mol. The zero-order valence-electron chi connectivity index (χ0n) is 17.3. The number of hydrogen-bond acceptors (Lipinski definition) is 0. The van der Waals surface area contributed by atoms with Gasteiger partial charge in [0.15, 0.2) is 0 Å². The van der Waals surface area contributed by atoms with Crippen LogP contribution in [0.2, 0.25) is 35.8 Å². The molecule has 0 aliphatic carbocycles. The van der Waals surface area contributed by atoms with Gasteiger partial charge in [-0.25, -0.2) is 0 Å². The van der Waals surface area contributed by atoms with Crippen molar-refractivity contribution in [3.8, 4) is 0 Å². The van der Waals surface area contributed by atoms with E-state index in [2.05, 4.69) is 50.3 Å². The molecule has 2 heterocycles. The maximum atomic E-state index is 2.44. The van der Waals surface area contributed by atoms with Crippen LogP contribution in [0.1, 0.15) is 69.4 Å². The highest BCUT2D eigenvalue weighted by molar-refractivity contribution is 6.63. The van der Waals surface area contributed by atoms with Crippen LogP contribution in [0.25, 0.3) is 0 Å². The first-order chi connectivity index (χ1) is 12.8. The summed E-state index contributed by atoms with van der Waals surface area (Å²) in [4.78, 5) is 0. The van der Waals surface area contributed by atoms with Gasteiger partial charge in [-0.1, -0.05) is 92.8 Å². The minimum atomic E-state index is -0.443. The van der Waals surface area contributed by atoms with Crippen molar-refractivity contribution in [2.24, 2.45) is 0 Å². The van der Waals surface area contributed by atoms with Gasteiger partial charge >= 0.3 is 0 Å². The van der Waals surface area contributed by atoms with Gasteiger partial charge < -0.3 is 0 Å². The number of hydrogen-bond donors (Lipinski definition) is 0. The molecule has 2 heteroatoms. The Morgan fingerprint density at radius 2 is 1.65 bits per heavy atom. The van der Waals surface area contributed by atoms with Crippen molar-refractivity contribution in [1.82, 2.24) is 0 Å². The molecule has 0 nitrogen and oxygen atoms in total. The second kappa shape index (κ2) is 10.7. The molecule has 0 radical (unpaired) electrons. The number of benzene rings is 1. The lowest BCUT2D eigenvalue weighted by atomic mass is 9.92. The first kappa shape index (κ1) is 20.1. The summed E-state index contributed by atoms with van der Waals surface area (Å²) in [5, 5.41) is 0. The molecule has 3 rings (SSSR count). The van der Waals surface area contributed by atoms with Crippen LogP contribution in [-0.4, -0.2) is 17.6 Å². The van der Waals surface area contributed by atoms with E-state index in [9.17, 15) is 0 Å². The summed E-state index contributed by atoms with van der Waals surface area (Å²) in [5.41, 5.74) is 4.38. The van der Waals surface area contributed by atoms with Crippen LogP contribution >= 0.6 is 0 Å². The van der Waals surface area contributed by atoms with Crippen molar-refractivity contribution in [2.45, 2.75) is 100 Å². The fourth-order valence-corrected chi connectivity index (χ4v) is 13.9. The number of allylic oxidation sites excluding steroid dienone is 2. The number of rotatable bonds is 7. The van der Waals surface area contributed by atoms with Crippen LogP contribution < -0.4 is 0 Å². The summed E-state index contributed by atoms with van der Waals surface area (Å²) >= 11 is 0. The molecular formula is C24H40Si2. The summed E-state index contributed by atoms with van der Waals surface area (Å²) in [6, 6.07) is 17.9. The van der Waals surface area contributed by atoms with E-state index in [1.54, 1.807) is 48.6 Å². The molecule has 0 atom stereocenters. The highest BCUT2D eigenvalue weighted by atomic mass is 28.3. The third-order valence-corrected chi connectivity index (χ3v) is 14.9. The van der Waals surface area contributed by atoms with E-state index in [0.29, 0.717) is 0 Å². The fourth-order valence-electron chi connectivity index (χ4n) is 5.62. The Morgan fingerprint density at radius 1 is 0.962 bits per heavy atom. The van der Waals surface area contributed by atoms with Crippen molar-refractivity contribution < 1.29 is 0 Å². The van der Waals surface area contributed by atoms with Crippen molar-refractivity contribution in [3.05, 3.63) is 47.5 Å². The Morgan fingerprint density at radius 3 is 2.27 bits per heavy atom. The molecule has 0 saturated carbocycles. The minimum absolute atomic E-state index is 0.352. The van der Waals surface area contributed by atoms with E-state index < -0.39 is 8.80 Å². The molecular weight excluding hydrogens is 344 g/mol. The number of aryl methyl sites for hydroxylation is 1. The topological polar surface area (TPSA) is 0 Å². The van der Waals surface area contributed by atoms with E-state index in [1.165, 1.54) is 43.2 Å². The SMILES string of the molecule is C/C=C/CC[Si@H]1CC[C@H]([SiH]2CCC(c3ccc(CCC)cc3)CC2)CC1. The molecule has 2 aliphatic heterocycles. The van der Waals surface area contributed by atoms with Gasteiger partial charge in [0.2, 0.25) is 0 Å². The van der Waals surface area contributed by atoms with Gasteiger partial charge in [0.25, 0.3) is 0 Å². The summed E-state index contributed by atoms with van der Waals surface area (Å²) < 4.78 is 0. The van der Waals surface area contributed by atoms with Crippen molar-refractivity contribution >= 4 is 17.6 Å². The zero-order chi connectivity index (χ0) is 18.2. The molecule has 2 fully saturated rings. The van der Waals surface area contributed by atoms with Crippen molar-refractivity contribution in [2.75, 3.05) is 0 Å². The van der Waals surface area contributed by atoms with E-state index in [-0.39, 0.29) is 8.80 Å². The summed E-state index contributed by atoms with van der Waals surface area (Å²) in [6.07, 6.45) is 14.8. The van der Waals surface area contributed by atoms with Crippen LogP contribution in [0.4, 0.5) is 0 Å². The molecule has 0 bridgehead atoms. The smallest absolute Gasteiger partial charge is 0.0399 e. The molecule has 1 aromatic rings. The van der Waals surface area contributed by atoms with Crippen LogP contribution in [-0.2, 0) is 6.42 Å². The van der Waals surface area contributed by atoms with E-state index >= 15 is 0 Å². The summed E-state index contributed by atoms with van der Waals surface area (Å²) in [5.74, 6) is 0.876. The normalized spacial score (nSPS) is 29.9. The third-order valence-electron chi connectivity index (χ3n) is 7.30.